The maximum absolute atomic E-state index is 13.8. The Morgan fingerprint density at radius 1 is 1.32 bits per heavy atom. The van der Waals surface area contributed by atoms with Crippen LogP contribution in [0.25, 0.3) is 0 Å². The van der Waals surface area contributed by atoms with Gasteiger partial charge in [0.2, 0.25) is 0 Å². The van der Waals surface area contributed by atoms with Crippen LogP contribution in [0.3, 0.4) is 0 Å². The molecule has 0 aromatic heterocycles. The van der Waals surface area contributed by atoms with Crippen molar-refractivity contribution in [2.24, 2.45) is 0 Å². The van der Waals surface area contributed by atoms with Gasteiger partial charge in [-0.25, -0.2) is 14.8 Å². The molecule has 0 amide bonds. The lowest BCUT2D eigenvalue weighted by molar-refractivity contribution is 0.0315. The van der Waals surface area contributed by atoms with Crippen LogP contribution in [-0.2, 0) is 0 Å². The van der Waals surface area contributed by atoms with Crippen LogP contribution >= 0.6 is 0 Å². The van der Waals surface area contributed by atoms with E-state index in [2.05, 4.69) is 24.3 Å². The second kappa shape index (κ2) is 5.88. The number of halogens is 1. The molecule has 3 nitrogen and oxygen atoms in total. The van der Waals surface area contributed by atoms with Gasteiger partial charge in [-0.05, 0) is 39.7 Å². The van der Waals surface area contributed by atoms with E-state index in [0.29, 0.717) is 17.6 Å². The van der Waals surface area contributed by atoms with Gasteiger partial charge in [0.25, 0.3) is 0 Å². The van der Waals surface area contributed by atoms with Gasteiger partial charge in [-0.1, -0.05) is 12.5 Å². The maximum Gasteiger partial charge on any atom is 0.131 e. The molecule has 0 spiro atoms. The van der Waals surface area contributed by atoms with E-state index in [1.165, 1.54) is 25.3 Å². The molecule has 3 unspecified atom stereocenters. The van der Waals surface area contributed by atoms with Crippen molar-refractivity contribution in [2.75, 3.05) is 0 Å². The molecule has 2 N–H and O–H groups in total. The third kappa shape index (κ3) is 3.25. The highest BCUT2D eigenvalue weighted by atomic mass is 19.1. The number of nitrogens with zero attached hydrogens (tertiary/aromatic N) is 1. The van der Waals surface area contributed by atoms with E-state index >= 15 is 0 Å². The highest BCUT2D eigenvalue weighted by molar-refractivity contribution is 5.29. The molecule has 106 valence electrons. The highest BCUT2D eigenvalue weighted by Crippen LogP contribution is 2.25. The summed E-state index contributed by atoms with van der Waals surface area (Å²) in [6.45, 7) is 6.34. The lowest BCUT2D eigenvalue weighted by Gasteiger charge is -2.41. The first-order valence-electron chi connectivity index (χ1n) is 7.02. The predicted molar refractivity (Wildman–Crippen MR) is 74.2 cm³/mol. The Balaban J connectivity index is 2.09. The van der Waals surface area contributed by atoms with E-state index in [1.54, 1.807) is 6.07 Å². The molecule has 1 saturated heterocycles. The van der Waals surface area contributed by atoms with Gasteiger partial charge in [0, 0.05) is 29.8 Å². The molecular formula is C15H23FN2O. The van der Waals surface area contributed by atoms with Crippen molar-refractivity contribution in [1.29, 1.82) is 0 Å². The molecular weight excluding hydrogens is 243 g/mol. The van der Waals surface area contributed by atoms with Crippen molar-refractivity contribution in [3.8, 4) is 5.75 Å². The van der Waals surface area contributed by atoms with Gasteiger partial charge in [0.15, 0.2) is 0 Å². The van der Waals surface area contributed by atoms with Gasteiger partial charge < -0.3 is 5.11 Å². The van der Waals surface area contributed by atoms with Crippen molar-refractivity contribution in [3.63, 3.8) is 0 Å². The zero-order valence-electron chi connectivity index (χ0n) is 11.9. The lowest BCUT2D eigenvalue weighted by Crippen LogP contribution is -2.52. The summed E-state index contributed by atoms with van der Waals surface area (Å²) < 4.78 is 13.8. The summed E-state index contributed by atoms with van der Waals surface area (Å²) in [6, 6.07) is 5.15. The van der Waals surface area contributed by atoms with Crippen molar-refractivity contribution < 1.29 is 9.50 Å². The van der Waals surface area contributed by atoms with E-state index in [9.17, 15) is 9.50 Å². The molecule has 1 fully saturated rings. The molecule has 0 aliphatic carbocycles. The van der Waals surface area contributed by atoms with Gasteiger partial charge in [0.1, 0.15) is 11.6 Å². The number of hydrogen-bond donors (Lipinski definition) is 2. The summed E-state index contributed by atoms with van der Waals surface area (Å²) in [5.74, 6) is -0.398. The Labute approximate surface area is 114 Å². The normalized spacial score (nSPS) is 26.3. The Kier molecular flexibility index (Phi) is 4.42. The quantitative estimate of drug-likeness (QED) is 0.880. The van der Waals surface area contributed by atoms with Crippen molar-refractivity contribution in [2.45, 2.75) is 58.2 Å². The molecule has 2 rings (SSSR count). The van der Waals surface area contributed by atoms with E-state index in [4.69, 9.17) is 0 Å². The van der Waals surface area contributed by atoms with Crippen LogP contribution in [0.5, 0.6) is 5.75 Å². The Morgan fingerprint density at radius 2 is 1.95 bits per heavy atom. The second-order valence-corrected chi connectivity index (χ2v) is 5.59. The number of aromatic hydroxyl groups is 1. The van der Waals surface area contributed by atoms with E-state index < -0.39 is 0 Å². The van der Waals surface area contributed by atoms with Crippen LogP contribution in [0.4, 0.5) is 4.39 Å². The van der Waals surface area contributed by atoms with Crippen molar-refractivity contribution >= 4 is 0 Å². The van der Waals surface area contributed by atoms with E-state index in [-0.39, 0.29) is 17.6 Å². The molecule has 0 radical (unpaired) electrons. The smallest absolute Gasteiger partial charge is 0.131 e. The van der Waals surface area contributed by atoms with Crippen LogP contribution in [0, 0.1) is 5.82 Å². The zero-order chi connectivity index (χ0) is 14.0. The average molecular weight is 266 g/mol. The van der Waals surface area contributed by atoms with Gasteiger partial charge in [-0.3, -0.25) is 0 Å². The summed E-state index contributed by atoms with van der Waals surface area (Å²) in [4.78, 5) is 0. The second-order valence-electron chi connectivity index (χ2n) is 5.59. The van der Waals surface area contributed by atoms with Crippen LogP contribution in [-0.4, -0.2) is 22.2 Å². The summed E-state index contributed by atoms with van der Waals surface area (Å²) >= 11 is 0. The fourth-order valence-corrected chi connectivity index (χ4v) is 2.84. The summed E-state index contributed by atoms with van der Waals surface area (Å²) in [6.07, 6.45) is 3.59. The number of benzene rings is 1. The van der Waals surface area contributed by atoms with Gasteiger partial charge in [-0.15, -0.1) is 0 Å². The van der Waals surface area contributed by atoms with Crippen LogP contribution in [0.2, 0.25) is 0 Å². The number of hydrazine groups is 1. The summed E-state index contributed by atoms with van der Waals surface area (Å²) in [5, 5.41) is 11.5. The lowest BCUT2D eigenvalue weighted by atomic mass is 9.99. The number of nitrogens with one attached hydrogen (secondary N) is 1. The van der Waals surface area contributed by atoms with Crippen LogP contribution in [0.15, 0.2) is 18.2 Å². The molecule has 1 aliphatic heterocycles. The molecule has 1 aromatic rings. The largest absolute Gasteiger partial charge is 0.508 e. The number of phenols is 1. The Morgan fingerprint density at radius 3 is 2.53 bits per heavy atom. The number of hydrogen-bond acceptors (Lipinski definition) is 3. The van der Waals surface area contributed by atoms with E-state index in [0.717, 1.165) is 6.07 Å². The van der Waals surface area contributed by atoms with Gasteiger partial charge in [0.05, 0.1) is 0 Å². The van der Waals surface area contributed by atoms with Gasteiger partial charge >= 0.3 is 0 Å². The topological polar surface area (TPSA) is 35.5 Å². The molecule has 3 atom stereocenters. The molecule has 19 heavy (non-hydrogen) atoms. The molecule has 1 aromatic carbocycles. The minimum absolute atomic E-state index is 0.0341. The van der Waals surface area contributed by atoms with Gasteiger partial charge in [-0.2, -0.15) is 0 Å². The molecule has 0 bridgehead atoms. The first-order valence-corrected chi connectivity index (χ1v) is 7.02. The third-order valence-electron chi connectivity index (χ3n) is 3.99. The minimum Gasteiger partial charge on any atom is -0.508 e. The fraction of sp³-hybridized carbons (Fsp3) is 0.600. The summed E-state index contributed by atoms with van der Waals surface area (Å²) in [7, 11) is 0. The van der Waals surface area contributed by atoms with E-state index in [1.807, 2.05) is 6.92 Å². The highest BCUT2D eigenvalue weighted by Gasteiger charge is 2.26. The first-order chi connectivity index (χ1) is 8.99. The summed E-state index contributed by atoms with van der Waals surface area (Å²) in [5.41, 5.74) is 3.99. The number of rotatable bonds is 3. The fourth-order valence-electron chi connectivity index (χ4n) is 2.84. The predicted octanol–water partition coefficient (Wildman–Crippen LogP) is 3.36. The Bertz CT molecular complexity index is 428. The number of phenolic OH excluding ortho intramolecular Hbond substituents is 1. The molecule has 4 heteroatoms. The molecule has 1 heterocycles. The van der Waals surface area contributed by atoms with Crippen molar-refractivity contribution in [3.05, 3.63) is 29.6 Å². The average Bonchev–Trinajstić information content (AvgIpc) is 2.33. The standard InChI is InChI=1S/C15H23FN2O/c1-10-5-4-6-11(2)18(10)17-12(3)14-8-7-13(19)9-15(14)16/h7-12,17,19H,4-6H2,1-3H3. The Hall–Kier alpha value is -1.13. The minimum atomic E-state index is -0.364. The van der Waals surface area contributed by atoms with Crippen molar-refractivity contribution in [1.82, 2.24) is 10.4 Å². The molecule has 1 aliphatic rings. The molecule has 0 saturated carbocycles. The third-order valence-corrected chi connectivity index (χ3v) is 3.99. The maximum atomic E-state index is 13.8. The van der Waals surface area contributed by atoms with Crippen LogP contribution < -0.4 is 5.43 Å². The zero-order valence-corrected chi connectivity index (χ0v) is 11.9. The monoisotopic (exact) mass is 266 g/mol. The SMILES string of the molecule is CC(NN1C(C)CCCC1C)c1ccc(O)cc1F. The number of piperidine rings is 1. The first kappa shape index (κ1) is 14.3. The van der Waals surface area contributed by atoms with Crippen LogP contribution in [0.1, 0.15) is 51.6 Å².